The molecule has 0 saturated carbocycles. The summed E-state index contributed by atoms with van der Waals surface area (Å²) in [6, 6.07) is 15.2. The molecule has 1 aromatic heterocycles. The van der Waals surface area contributed by atoms with Crippen LogP contribution < -0.4 is 4.74 Å². The molecular formula is C28H37N5O6S. The molecule has 11 nitrogen and oxygen atoms in total. The lowest BCUT2D eigenvalue weighted by molar-refractivity contribution is -0.136. The highest BCUT2D eigenvalue weighted by molar-refractivity contribution is 7.89. The number of hydrogen-bond acceptors (Lipinski definition) is 8. The van der Waals surface area contributed by atoms with E-state index < -0.39 is 16.1 Å². The average molecular weight is 572 g/mol. The summed E-state index contributed by atoms with van der Waals surface area (Å²) in [5.74, 6) is 0.870. The zero-order chi connectivity index (χ0) is 28.7. The minimum Gasteiger partial charge on any atom is -0.457 e. The van der Waals surface area contributed by atoms with Gasteiger partial charge in [0.15, 0.2) is 0 Å². The maximum Gasteiger partial charge on any atom is 0.242 e. The molecule has 0 fully saturated rings. The highest BCUT2D eigenvalue weighted by Gasteiger charge is 2.31. The highest BCUT2D eigenvalue weighted by atomic mass is 32.2. The topological polar surface area (TPSA) is 127 Å². The zero-order valence-corrected chi connectivity index (χ0v) is 23.9. The molecule has 2 aromatic carbocycles. The molecule has 3 atom stereocenters. The number of aryl methyl sites for hydroxylation is 1. The first-order chi connectivity index (χ1) is 19.2. The van der Waals surface area contributed by atoms with E-state index in [9.17, 15) is 18.3 Å². The van der Waals surface area contributed by atoms with Crippen LogP contribution in [0.2, 0.25) is 0 Å². The first-order valence-electron chi connectivity index (χ1n) is 13.4. The Morgan fingerprint density at radius 2 is 1.85 bits per heavy atom. The van der Waals surface area contributed by atoms with E-state index in [1.54, 1.807) is 34.8 Å². The fourth-order valence-electron chi connectivity index (χ4n) is 4.58. The number of ether oxygens (including phenoxy) is 2. The van der Waals surface area contributed by atoms with E-state index in [0.29, 0.717) is 37.4 Å². The third kappa shape index (κ3) is 7.25. The van der Waals surface area contributed by atoms with Crippen molar-refractivity contribution in [2.24, 2.45) is 5.92 Å². The first-order valence-corrected chi connectivity index (χ1v) is 14.8. The lowest BCUT2D eigenvalue weighted by Gasteiger charge is -2.35. The molecule has 4 rings (SSSR count). The van der Waals surface area contributed by atoms with Crippen molar-refractivity contribution in [3.05, 3.63) is 66.5 Å². The summed E-state index contributed by atoms with van der Waals surface area (Å²) < 4.78 is 42.0. The SMILES string of the molecule is C[C@@H]1CN([C@H](C)CO)C(=O)CCCn2nncc2CO[C@@H]1CN(C)S(=O)(=O)c1ccc(Oc2ccccc2)cc1. The standard InChI is InChI=1S/C28H37N5O6S/c1-21-17-32(22(2)19-34)28(35)10-7-15-33-23(16-29-30-33)20-38-27(21)18-31(3)40(36,37)26-13-11-25(12-14-26)39-24-8-5-4-6-9-24/h4-6,8-9,11-14,16,21-22,27,34H,7,10,15,17-20H2,1-3H3/t21-,22-,27-/m1/s1. The normalized spacial score (nSPS) is 19.9. The smallest absolute Gasteiger partial charge is 0.242 e. The molecule has 216 valence electrons. The highest BCUT2D eigenvalue weighted by Crippen LogP contribution is 2.25. The van der Waals surface area contributed by atoms with Crippen molar-refractivity contribution < 1.29 is 27.8 Å². The van der Waals surface area contributed by atoms with Crippen molar-refractivity contribution >= 4 is 15.9 Å². The molecule has 0 spiro atoms. The molecule has 3 aromatic rings. The van der Waals surface area contributed by atoms with Gasteiger partial charge in [0.2, 0.25) is 15.9 Å². The maximum atomic E-state index is 13.5. The van der Waals surface area contributed by atoms with Crippen LogP contribution in [-0.4, -0.2) is 82.5 Å². The van der Waals surface area contributed by atoms with Crippen molar-refractivity contribution in [2.75, 3.05) is 26.7 Å². The molecule has 1 aliphatic rings. The van der Waals surface area contributed by atoms with Gasteiger partial charge in [0.05, 0.1) is 42.1 Å². The quantitative estimate of drug-likeness (QED) is 0.437. The minimum absolute atomic E-state index is 0.0584. The Bertz CT molecular complexity index is 1350. The van der Waals surface area contributed by atoms with Gasteiger partial charge < -0.3 is 19.5 Å². The van der Waals surface area contributed by atoms with Gasteiger partial charge in [-0.1, -0.05) is 30.3 Å². The molecule has 0 bridgehead atoms. The van der Waals surface area contributed by atoms with Gasteiger partial charge in [-0.3, -0.25) is 4.79 Å². The van der Waals surface area contributed by atoms with Crippen molar-refractivity contribution in [3.63, 3.8) is 0 Å². The second kappa shape index (κ2) is 13.4. The Morgan fingerprint density at radius 3 is 2.55 bits per heavy atom. The molecule has 0 aliphatic carbocycles. The molecular weight excluding hydrogens is 534 g/mol. The van der Waals surface area contributed by atoms with Crippen LogP contribution in [-0.2, 0) is 32.7 Å². The van der Waals surface area contributed by atoms with E-state index in [1.807, 2.05) is 37.3 Å². The summed E-state index contributed by atoms with van der Waals surface area (Å²) in [7, 11) is -2.33. The van der Waals surface area contributed by atoms with Crippen LogP contribution in [0.5, 0.6) is 11.5 Å². The molecule has 0 radical (unpaired) electrons. The van der Waals surface area contributed by atoms with E-state index >= 15 is 0 Å². The maximum absolute atomic E-state index is 13.5. The van der Waals surface area contributed by atoms with Crippen molar-refractivity contribution in [2.45, 2.75) is 56.9 Å². The number of likely N-dealkylation sites (N-methyl/N-ethyl adjacent to an activating group) is 1. The molecule has 1 aliphatic heterocycles. The van der Waals surface area contributed by atoms with Gasteiger partial charge in [0.25, 0.3) is 0 Å². The van der Waals surface area contributed by atoms with Gasteiger partial charge in [-0.25, -0.2) is 13.1 Å². The lowest BCUT2D eigenvalue weighted by Crippen LogP contribution is -2.47. The fraction of sp³-hybridized carbons (Fsp3) is 0.464. The van der Waals surface area contributed by atoms with Gasteiger partial charge in [0, 0.05) is 39.0 Å². The number of sulfonamides is 1. The zero-order valence-electron chi connectivity index (χ0n) is 23.1. The average Bonchev–Trinajstić information content (AvgIpc) is 3.40. The molecule has 12 heteroatoms. The van der Waals surface area contributed by atoms with E-state index in [-0.39, 0.29) is 42.5 Å². The molecule has 40 heavy (non-hydrogen) atoms. The number of aromatic nitrogens is 3. The van der Waals surface area contributed by atoms with Gasteiger partial charge in [0.1, 0.15) is 11.5 Å². The Balaban J connectivity index is 1.52. The third-order valence-electron chi connectivity index (χ3n) is 7.09. The molecule has 2 heterocycles. The van der Waals surface area contributed by atoms with Gasteiger partial charge in [-0.2, -0.15) is 4.31 Å². The summed E-state index contributed by atoms with van der Waals surface area (Å²) in [4.78, 5) is 14.8. The van der Waals surface area contributed by atoms with Gasteiger partial charge >= 0.3 is 0 Å². The first kappa shape index (κ1) is 29.7. The largest absolute Gasteiger partial charge is 0.457 e. The van der Waals surface area contributed by atoms with E-state index in [1.165, 1.54) is 23.5 Å². The second-order valence-corrected chi connectivity index (χ2v) is 12.2. The lowest BCUT2D eigenvalue weighted by atomic mass is 10.0. The number of amides is 1. The summed E-state index contributed by atoms with van der Waals surface area (Å²) in [6.07, 6.45) is 1.96. The van der Waals surface area contributed by atoms with Gasteiger partial charge in [-0.05, 0) is 49.7 Å². The summed E-state index contributed by atoms with van der Waals surface area (Å²) >= 11 is 0. The Morgan fingerprint density at radius 1 is 1.15 bits per heavy atom. The second-order valence-electron chi connectivity index (χ2n) is 10.1. The number of carbonyl (C=O) groups excluding carboxylic acids is 1. The predicted molar refractivity (Wildman–Crippen MR) is 148 cm³/mol. The van der Waals surface area contributed by atoms with E-state index in [2.05, 4.69) is 10.3 Å². The molecule has 0 unspecified atom stereocenters. The van der Waals surface area contributed by atoms with E-state index in [4.69, 9.17) is 9.47 Å². The number of aliphatic hydroxyl groups excluding tert-OH is 1. The van der Waals surface area contributed by atoms with Gasteiger partial charge in [-0.15, -0.1) is 5.10 Å². The number of hydrogen-bond donors (Lipinski definition) is 1. The summed E-state index contributed by atoms with van der Waals surface area (Å²) in [5.41, 5.74) is 0.755. The minimum atomic E-state index is -3.85. The summed E-state index contributed by atoms with van der Waals surface area (Å²) in [6.45, 7) is 4.63. The third-order valence-corrected chi connectivity index (χ3v) is 8.93. The predicted octanol–water partition coefficient (Wildman–Crippen LogP) is 2.92. The number of rotatable bonds is 8. The Labute approximate surface area is 235 Å². The van der Waals surface area contributed by atoms with Crippen molar-refractivity contribution in [3.8, 4) is 11.5 Å². The number of fused-ring (bicyclic) bond motifs is 1. The number of nitrogens with zero attached hydrogens (tertiary/aromatic N) is 5. The molecule has 0 saturated heterocycles. The van der Waals surface area contributed by atoms with Crippen molar-refractivity contribution in [1.29, 1.82) is 0 Å². The fourth-order valence-corrected chi connectivity index (χ4v) is 5.76. The summed E-state index contributed by atoms with van der Waals surface area (Å²) in [5, 5.41) is 17.9. The Kier molecular flexibility index (Phi) is 9.90. The van der Waals surface area contributed by atoms with Crippen LogP contribution in [0.15, 0.2) is 65.7 Å². The van der Waals surface area contributed by atoms with Crippen molar-refractivity contribution in [1.82, 2.24) is 24.2 Å². The monoisotopic (exact) mass is 571 g/mol. The number of aliphatic hydroxyl groups is 1. The van der Waals surface area contributed by atoms with Crippen LogP contribution in [0.4, 0.5) is 0 Å². The number of carbonyl (C=O) groups is 1. The van der Waals surface area contributed by atoms with Crippen LogP contribution in [0, 0.1) is 5.92 Å². The van der Waals surface area contributed by atoms with Crippen LogP contribution in [0.3, 0.4) is 0 Å². The van der Waals surface area contributed by atoms with Crippen LogP contribution in [0.1, 0.15) is 32.4 Å². The molecule has 1 N–H and O–H groups in total. The Hall–Kier alpha value is -3.32. The molecule has 1 amide bonds. The number of para-hydroxylation sites is 1. The van der Waals surface area contributed by atoms with Crippen LogP contribution >= 0.6 is 0 Å². The number of benzene rings is 2. The van der Waals surface area contributed by atoms with Crippen LogP contribution in [0.25, 0.3) is 0 Å². The van der Waals surface area contributed by atoms with E-state index in [0.717, 1.165) is 5.69 Å².